The van der Waals surface area contributed by atoms with Crippen molar-refractivity contribution in [2.45, 2.75) is 6.29 Å². The zero-order valence-corrected chi connectivity index (χ0v) is 11.8. The van der Waals surface area contributed by atoms with E-state index in [4.69, 9.17) is 21.1 Å². The Morgan fingerprint density at radius 3 is 2.65 bits per heavy atom. The van der Waals surface area contributed by atoms with Crippen molar-refractivity contribution in [2.24, 2.45) is 0 Å². The molecular formula is C11H13BrClNO3. The zero-order valence-electron chi connectivity index (χ0n) is 9.50. The number of methoxy groups -OCH3 is 2. The summed E-state index contributed by atoms with van der Waals surface area (Å²) in [6, 6.07) is 5.00. The molecule has 0 fully saturated rings. The number of halogens is 2. The van der Waals surface area contributed by atoms with Gasteiger partial charge < -0.3 is 14.8 Å². The fourth-order valence-electron chi connectivity index (χ4n) is 1.18. The summed E-state index contributed by atoms with van der Waals surface area (Å²) >= 11 is 9.16. The number of hydrogen-bond acceptors (Lipinski definition) is 3. The third kappa shape index (κ3) is 4.27. The van der Waals surface area contributed by atoms with Gasteiger partial charge in [0.1, 0.15) is 0 Å². The molecule has 0 aliphatic heterocycles. The number of carbonyl (C=O) groups is 1. The van der Waals surface area contributed by atoms with Crippen LogP contribution < -0.4 is 5.32 Å². The predicted octanol–water partition coefficient (Wildman–Crippen LogP) is 2.45. The number of amides is 1. The van der Waals surface area contributed by atoms with E-state index in [1.54, 1.807) is 18.2 Å². The molecule has 0 heterocycles. The lowest BCUT2D eigenvalue weighted by molar-refractivity contribution is -0.0974. The Balaban J connectivity index is 2.61. The first kappa shape index (κ1) is 14.4. The van der Waals surface area contributed by atoms with Gasteiger partial charge in [-0.25, -0.2) is 0 Å². The van der Waals surface area contributed by atoms with Crippen LogP contribution >= 0.6 is 27.5 Å². The van der Waals surface area contributed by atoms with Gasteiger partial charge in [0.2, 0.25) is 0 Å². The van der Waals surface area contributed by atoms with Crippen molar-refractivity contribution in [3.63, 3.8) is 0 Å². The molecule has 0 aromatic heterocycles. The van der Waals surface area contributed by atoms with Crippen molar-refractivity contribution < 1.29 is 14.3 Å². The second kappa shape index (κ2) is 6.96. The van der Waals surface area contributed by atoms with E-state index >= 15 is 0 Å². The number of ether oxygens (including phenoxy) is 2. The molecule has 94 valence electrons. The van der Waals surface area contributed by atoms with E-state index in [0.717, 1.165) is 4.47 Å². The standard InChI is InChI=1S/C11H13BrClNO3/c1-16-10(17-2)6-14-11(15)7-3-4-8(12)9(13)5-7/h3-5,10H,6H2,1-2H3,(H,14,15). The molecule has 1 aromatic carbocycles. The third-order valence-electron chi connectivity index (χ3n) is 2.14. The molecule has 6 heteroatoms. The van der Waals surface area contributed by atoms with E-state index in [1.165, 1.54) is 14.2 Å². The van der Waals surface area contributed by atoms with Gasteiger partial charge in [-0.2, -0.15) is 0 Å². The summed E-state index contributed by atoms with van der Waals surface area (Å²) in [5.74, 6) is -0.224. The highest BCUT2D eigenvalue weighted by Crippen LogP contribution is 2.23. The summed E-state index contributed by atoms with van der Waals surface area (Å²) in [5, 5.41) is 3.18. The molecule has 1 amide bonds. The molecule has 0 spiro atoms. The molecule has 0 radical (unpaired) electrons. The van der Waals surface area contributed by atoms with Crippen molar-refractivity contribution in [1.29, 1.82) is 0 Å². The molecule has 1 rings (SSSR count). The molecule has 0 saturated heterocycles. The summed E-state index contributed by atoms with van der Waals surface area (Å²) in [6.45, 7) is 0.277. The molecule has 0 bridgehead atoms. The maximum atomic E-state index is 11.7. The predicted molar refractivity (Wildman–Crippen MR) is 69.3 cm³/mol. The van der Waals surface area contributed by atoms with Crippen LogP contribution in [0.3, 0.4) is 0 Å². The SMILES string of the molecule is COC(CNC(=O)c1ccc(Br)c(Cl)c1)OC. The van der Waals surface area contributed by atoms with Gasteiger partial charge in [0.15, 0.2) is 6.29 Å². The van der Waals surface area contributed by atoms with Crippen LogP contribution in [0.25, 0.3) is 0 Å². The molecule has 1 aromatic rings. The van der Waals surface area contributed by atoms with Crippen molar-refractivity contribution in [3.8, 4) is 0 Å². The highest BCUT2D eigenvalue weighted by molar-refractivity contribution is 9.10. The molecular weight excluding hydrogens is 309 g/mol. The first-order chi connectivity index (χ1) is 8.08. The summed E-state index contributed by atoms with van der Waals surface area (Å²) in [5.41, 5.74) is 0.490. The highest BCUT2D eigenvalue weighted by Gasteiger charge is 2.10. The van der Waals surface area contributed by atoms with Gasteiger partial charge in [0.05, 0.1) is 11.6 Å². The molecule has 0 atom stereocenters. The maximum absolute atomic E-state index is 11.7. The first-order valence-electron chi connectivity index (χ1n) is 4.87. The second-order valence-corrected chi connectivity index (χ2v) is 4.50. The molecule has 0 saturated carbocycles. The van der Waals surface area contributed by atoms with Gasteiger partial charge >= 0.3 is 0 Å². The lowest BCUT2D eigenvalue weighted by Crippen LogP contribution is -2.34. The Bertz CT molecular complexity index is 396. The smallest absolute Gasteiger partial charge is 0.251 e. The average molecular weight is 323 g/mol. The normalized spacial score (nSPS) is 10.6. The minimum absolute atomic E-state index is 0.224. The second-order valence-electron chi connectivity index (χ2n) is 3.24. The molecule has 0 aliphatic rings. The van der Waals surface area contributed by atoms with Crippen LogP contribution in [0.1, 0.15) is 10.4 Å². The molecule has 1 N–H and O–H groups in total. The van der Waals surface area contributed by atoms with Crippen LogP contribution in [0.2, 0.25) is 5.02 Å². The summed E-state index contributed by atoms with van der Waals surface area (Å²) in [4.78, 5) is 11.7. The van der Waals surface area contributed by atoms with E-state index in [0.29, 0.717) is 10.6 Å². The number of carbonyl (C=O) groups excluding carboxylic acids is 1. The minimum atomic E-state index is -0.454. The minimum Gasteiger partial charge on any atom is -0.354 e. The number of rotatable bonds is 5. The van der Waals surface area contributed by atoms with Crippen LogP contribution in [-0.2, 0) is 9.47 Å². The van der Waals surface area contributed by atoms with E-state index < -0.39 is 6.29 Å². The molecule has 17 heavy (non-hydrogen) atoms. The van der Waals surface area contributed by atoms with Crippen LogP contribution in [0, 0.1) is 0 Å². The topological polar surface area (TPSA) is 47.6 Å². The van der Waals surface area contributed by atoms with Crippen molar-refractivity contribution in [1.82, 2.24) is 5.32 Å². The van der Waals surface area contributed by atoms with Crippen LogP contribution in [0.5, 0.6) is 0 Å². The number of hydrogen-bond donors (Lipinski definition) is 1. The summed E-state index contributed by atoms with van der Waals surface area (Å²) in [7, 11) is 3.02. The van der Waals surface area contributed by atoms with Gasteiger partial charge in [0, 0.05) is 24.3 Å². The van der Waals surface area contributed by atoms with Crippen LogP contribution in [-0.4, -0.2) is 33.0 Å². The van der Waals surface area contributed by atoms with Crippen molar-refractivity contribution in [2.75, 3.05) is 20.8 Å². The Morgan fingerprint density at radius 2 is 2.12 bits per heavy atom. The largest absolute Gasteiger partial charge is 0.354 e. The first-order valence-corrected chi connectivity index (χ1v) is 6.04. The van der Waals surface area contributed by atoms with E-state index in [9.17, 15) is 4.79 Å². The Labute approximate surface area is 113 Å². The lowest BCUT2D eigenvalue weighted by Gasteiger charge is -2.14. The maximum Gasteiger partial charge on any atom is 0.251 e. The fourth-order valence-corrected chi connectivity index (χ4v) is 1.61. The molecule has 4 nitrogen and oxygen atoms in total. The van der Waals surface area contributed by atoms with Crippen molar-refractivity contribution >= 4 is 33.4 Å². The van der Waals surface area contributed by atoms with Gasteiger partial charge in [-0.15, -0.1) is 0 Å². The van der Waals surface area contributed by atoms with E-state index in [2.05, 4.69) is 21.2 Å². The van der Waals surface area contributed by atoms with Gasteiger partial charge in [-0.3, -0.25) is 4.79 Å². The zero-order chi connectivity index (χ0) is 12.8. The van der Waals surface area contributed by atoms with E-state index in [1.807, 2.05) is 0 Å². The number of benzene rings is 1. The monoisotopic (exact) mass is 321 g/mol. The highest BCUT2D eigenvalue weighted by atomic mass is 79.9. The quantitative estimate of drug-likeness (QED) is 0.847. The van der Waals surface area contributed by atoms with Crippen LogP contribution in [0.4, 0.5) is 0 Å². The number of nitrogens with one attached hydrogen (secondary N) is 1. The Kier molecular flexibility index (Phi) is 5.91. The van der Waals surface area contributed by atoms with Gasteiger partial charge in [0.25, 0.3) is 5.91 Å². The van der Waals surface area contributed by atoms with E-state index in [-0.39, 0.29) is 12.5 Å². The summed E-state index contributed by atoms with van der Waals surface area (Å²) < 4.78 is 10.7. The average Bonchev–Trinajstić information content (AvgIpc) is 2.33. The third-order valence-corrected chi connectivity index (χ3v) is 3.37. The van der Waals surface area contributed by atoms with Gasteiger partial charge in [-0.05, 0) is 34.1 Å². The van der Waals surface area contributed by atoms with Crippen molar-refractivity contribution in [3.05, 3.63) is 33.3 Å². The fraction of sp³-hybridized carbons (Fsp3) is 0.364. The van der Waals surface area contributed by atoms with Crippen LogP contribution in [0.15, 0.2) is 22.7 Å². The Morgan fingerprint density at radius 1 is 1.47 bits per heavy atom. The Hall–Kier alpha value is -0.620. The molecule has 0 aliphatic carbocycles. The lowest BCUT2D eigenvalue weighted by atomic mass is 10.2. The molecule has 0 unspecified atom stereocenters. The summed E-state index contributed by atoms with van der Waals surface area (Å²) in [6.07, 6.45) is -0.454. The van der Waals surface area contributed by atoms with Gasteiger partial charge in [-0.1, -0.05) is 11.6 Å².